The first-order valence-electron chi connectivity index (χ1n) is 6.44. The highest BCUT2D eigenvalue weighted by atomic mass is 35.5. The first-order chi connectivity index (χ1) is 9.13. The van der Waals surface area contributed by atoms with Gasteiger partial charge in [-0.2, -0.15) is 5.10 Å². The molecule has 1 aliphatic rings. The van der Waals surface area contributed by atoms with Crippen molar-refractivity contribution >= 4 is 17.3 Å². The van der Waals surface area contributed by atoms with E-state index in [0.717, 1.165) is 19.1 Å². The van der Waals surface area contributed by atoms with Gasteiger partial charge in [0.2, 0.25) is 0 Å². The van der Waals surface area contributed by atoms with E-state index in [1.165, 1.54) is 17.5 Å². The highest BCUT2D eigenvalue weighted by molar-refractivity contribution is 6.32. The van der Waals surface area contributed by atoms with Crippen molar-refractivity contribution in [1.29, 1.82) is 0 Å². The maximum absolute atomic E-state index is 11.9. The summed E-state index contributed by atoms with van der Waals surface area (Å²) in [5, 5.41) is 7.39. The lowest BCUT2D eigenvalue weighted by molar-refractivity contribution is 0.337. The molecule has 1 fully saturated rings. The molecule has 0 aromatic carbocycles. The summed E-state index contributed by atoms with van der Waals surface area (Å²) in [6.45, 7) is 5.62. The molecular weight excluding hydrogens is 264 g/mol. The van der Waals surface area contributed by atoms with Crippen LogP contribution in [0, 0.1) is 0 Å². The van der Waals surface area contributed by atoms with Gasteiger partial charge in [-0.3, -0.25) is 4.79 Å². The average Bonchev–Trinajstić information content (AvgIpc) is 3.22. The standard InChI is InChI=1S/C13H19ClN4O/c1-3-7-18-13(19)12(14)11(9-16-18)15-6-8-17(2)10-4-5-10/h3,9-10,15H,1,4-8H2,2H3. The van der Waals surface area contributed by atoms with Crippen molar-refractivity contribution in [1.82, 2.24) is 14.7 Å². The van der Waals surface area contributed by atoms with Crippen molar-refractivity contribution in [3.05, 3.63) is 34.2 Å². The van der Waals surface area contributed by atoms with E-state index in [1.807, 2.05) is 0 Å². The fourth-order valence-corrected chi connectivity index (χ4v) is 2.12. The molecule has 1 N–H and O–H groups in total. The van der Waals surface area contributed by atoms with Crippen molar-refractivity contribution in [2.45, 2.75) is 25.4 Å². The number of hydrogen-bond acceptors (Lipinski definition) is 4. The second kappa shape index (κ2) is 6.21. The Kier molecular flexibility index (Phi) is 4.61. The first kappa shape index (κ1) is 14.1. The molecule has 104 valence electrons. The number of anilines is 1. The Balaban J connectivity index is 1.94. The number of allylic oxidation sites excluding steroid dienone is 1. The van der Waals surface area contributed by atoms with E-state index in [9.17, 15) is 4.79 Å². The van der Waals surface area contributed by atoms with Crippen molar-refractivity contribution in [3.8, 4) is 0 Å². The molecule has 0 atom stereocenters. The molecule has 0 bridgehead atoms. The van der Waals surface area contributed by atoms with Crippen LogP contribution in [0.4, 0.5) is 5.69 Å². The molecule has 1 aromatic heterocycles. The highest BCUT2D eigenvalue weighted by Gasteiger charge is 2.25. The van der Waals surface area contributed by atoms with E-state index in [2.05, 4.69) is 28.9 Å². The summed E-state index contributed by atoms with van der Waals surface area (Å²) in [5.74, 6) is 0. The molecule has 0 unspecified atom stereocenters. The molecule has 0 radical (unpaired) electrons. The van der Waals surface area contributed by atoms with Gasteiger partial charge in [0.1, 0.15) is 5.02 Å². The quantitative estimate of drug-likeness (QED) is 0.772. The normalized spacial score (nSPS) is 14.7. The summed E-state index contributed by atoms with van der Waals surface area (Å²) in [5.41, 5.74) is 0.304. The molecule has 1 aromatic rings. The molecule has 19 heavy (non-hydrogen) atoms. The maximum Gasteiger partial charge on any atom is 0.287 e. The minimum absolute atomic E-state index is 0.186. The summed E-state index contributed by atoms with van der Waals surface area (Å²) in [6, 6.07) is 0.732. The van der Waals surface area contributed by atoms with Crippen LogP contribution in [0.15, 0.2) is 23.6 Å². The predicted molar refractivity (Wildman–Crippen MR) is 77.8 cm³/mol. The number of likely N-dealkylation sites (N-methyl/N-ethyl adjacent to an activating group) is 1. The molecule has 1 heterocycles. The molecule has 2 rings (SSSR count). The van der Waals surface area contributed by atoms with Crippen LogP contribution < -0.4 is 10.9 Å². The third-order valence-electron chi connectivity index (χ3n) is 3.24. The van der Waals surface area contributed by atoms with E-state index < -0.39 is 0 Å². The van der Waals surface area contributed by atoms with E-state index in [-0.39, 0.29) is 10.6 Å². The second-order valence-corrected chi connectivity index (χ2v) is 5.16. The average molecular weight is 283 g/mol. The number of hydrogen-bond donors (Lipinski definition) is 1. The second-order valence-electron chi connectivity index (χ2n) is 4.79. The largest absolute Gasteiger partial charge is 0.381 e. The van der Waals surface area contributed by atoms with Crippen LogP contribution in [0.3, 0.4) is 0 Å². The lowest BCUT2D eigenvalue weighted by Crippen LogP contribution is -2.28. The predicted octanol–water partition coefficient (Wildman–Crippen LogP) is 1.59. The lowest BCUT2D eigenvalue weighted by atomic mass is 10.4. The van der Waals surface area contributed by atoms with Crippen LogP contribution >= 0.6 is 11.6 Å². The Morgan fingerprint density at radius 2 is 2.42 bits per heavy atom. The van der Waals surface area contributed by atoms with Crippen LogP contribution in [0.2, 0.25) is 5.02 Å². The van der Waals surface area contributed by atoms with Gasteiger partial charge in [0.15, 0.2) is 0 Å². The molecule has 0 amide bonds. The molecule has 5 nitrogen and oxygen atoms in total. The van der Waals surface area contributed by atoms with Crippen molar-refractivity contribution < 1.29 is 0 Å². The summed E-state index contributed by atoms with van der Waals surface area (Å²) in [6.07, 6.45) is 5.78. The zero-order valence-electron chi connectivity index (χ0n) is 11.1. The van der Waals surface area contributed by atoms with E-state index in [4.69, 9.17) is 11.6 Å². The van der Waals surface area contributed by atoms with Gasteiger partial charge < -0.3 is 10.2 Å². The molecule has 0 aliphatic heterocycles. The van der Waals surface area contributed by atoms with Crippen LogP contribution in [-0.4, -0.2) is 40.9 Å². The number of aromatic nitrogens is 2. The summed E-state index contributed by atoms with van der Waals surface area (Å²) in [4.78, 5) is 14.2. The van der Waals surface area contributed by atoms with Gasteiger partial charge in [-0.05, 0) is 19.9 Å². The Hall–Kier alpha value is -1.33. The Labute approximate surface area is 117 Å². The lowest BCUT2D eigenvalue weighted by Gasteiger charge is -2.16. The van der Waals surface area contributed by atoms with E-state index >= 15 is 0 Å². The number of nitrogens with zero attached hydrogens (tertiary/aromatic N) is 3. The molecule has 0 saturated heterocycles. The molecule has 1 saturated carbocycles. The fraction of sp³-hybridized carbons (Fsp3) is 0.538. The van der Waals surface area contributed by atoms with Crippen LogP contribution in [0.25, 0.3) is 0 Å². The molecular formula is C13H19ClN4O. The smallest absolute Gasteiger partial charge is 0.287 e. The zero-order valence-corrected chi connectivity index (χ0v) is 11.9. The van der Waals surface area contributed by atoms with Crippen LogP contribution in [-0.2, 0) is 6.54 Å². The number of halogens is 1. The molecule has 6 heteroatoms. The highest BCUT2D eigenvalue weighted by Crippen LogP contribution is 2.24. The fourth-order valence-electron chi connectivity index (χ4n) is 1.91. The number of nitrogens with one attached hydrogen (secondary N) is 1. The third kappa shape index (κ3) is 3.58. The zero-order chi connectivity index (χ0) is 13.8. The molecule has 1 aliphatic carbocycles. The summed E-state index contributed by atoms with van der Waals surface area (Å²) < 4.78 is 1.29. The summed E-state index contributed by atoms with van der Waals surface area (Å²) in [7, 11) is 2.11. The minimum Gasteiger partial charge on any atom is -0.381 e. The van der Waals surface area contributed by atoms with Gasteiger partial charge in [-0.25, -0.2) is 4.68 Å². The van der Waals surface area contributed by atoms with Gasteiger partial charge in [0, 0.05) is 19.1 Å². The third-order valence-corrected chi connectivity index (χ3v) is 3.60. The van der Waals surface area contributed by atoms with E-state index in [1.54, 1.807) is 12.3 Å². The maximum atomic E-state index is 11.9. The van der Waals surface area contributed by atoms with Crippen molar-refractivity contribution in [2.24, 2.45) is 0 Å². The van der Waals surface area contributed by atoms with Gasteiger partial charge in [0.25, 0.3) is 5.56 Å². The van der Waals surface area contributed by atoms with Crippen LogP contribution in [0.5, 0.6) is 0 Å². The Bertz CT molecular complexity index is 510. The van der Waals surface area contributed by atoms with Gasteiger partial charge >= 0.3 is 0 Å². The topological polar surface area (TPSA) is 50.2 Å². The Morgan fingerprint density at radius 1 is 1.68 bits per heavy atom. The molecule has 0 spiro atoms. The van der Waals surface area contributed by atoms with E-state index in [0.29, 0.717) is 12.2 Å². The van der Waals surface area contributed by atoms with Crippen LogP contribution in [0.1, 0.15) is 12.8 Å². The first-order valence-corrected chi connectivity index (χ1v) is 6.82. The van der Waals surface area contributed by atoms with Gasteiger partial charge in [-0.15, -0.1) is 6.58 Å². The Morgan fingerprint density at radius 3 is 3.05 bits per heavy atom. The minimum atomic E-state index is -0.290. The number of rotatable bonds is 7. The van der Waals surface area contributed by atoms with Gasteiger partial charge in [0.05, 0.1) is 18.4 Å². The van der Waals surface area contributed by atoms with Crippen molar-refractivity contribution in [3.63, 3.8) is 0 Å². The SMILES string of the molecule is C=CCn1ncc(NCCN(C)C2CC2)c(Cl)c1=O. The van der Waals surface area contributed by atoms with Crippen molar-refractivity contribution in [2.75, 3.05) is 25.5 Å². The summed E-state index contributed by atoms with van der Waals surface area (Å²) >= 11 is 6.04. The van der Waals surface area contributed by atoms with Gasteiger partial charge in [-0.1, -0.05) is 17.7 Å². The monoisotopic (exact) mass is 282 g/mol.